The highest BCUT2D eigenvalue weighted by molar-refractivity contribution is 5.84. The molecule has 3 aromatic heterocycles. The summed E-state index contributed by atoms with van der Waals surface area (Å²) in [7, 11) is 0. The lowest BCUT2D eigenvalue weighted by Crippen LogP contribution is -2.29. The Bertz CT molecular complexity index is 1120. The second-order valence-electron chi connectivity index (χ2n) is 8.82. The zero-order valence-corrected chi connectivity index (χ0v) is 19.5. The molecule has 0 radical (unpaired) electrons. The Balaban J connectivity index is 1.52. The molecule has 184 valence electrons. The first-order chi connectivity index (χ1) is 16.5. The van der Waals surface area contributed by atoms with Gasteiger partial charge in [-0.1, -0.05) is 19.0 Å². The van der Waals surface area contributed by atoms with Gasteiger partial charge in [0.25, 0.3) is 5.89 Å². The van der Waals surface area contributed by atoms with Gasteiger partial charge in [-0.25, -0.2) is 4.98 Å². The summed E-state index contributed by atoms with van der Waals surface area (Å²) in [4.78, 5) is 18.1. The summed E-state index contributed by atoms with van der Waals surface area (Å²) in [6.07, 6.45) is -0.0548. The molecule has 5 N–H and O–H groups in total. The van der Waals surface area contributed by atoms with Crippen LogP contribution in [0.1, 0.15) is 57.2 Å². The zero-order valence-electron chi connectivity index (χ0n) is 19.5. The van der Waals surface area contributed by atoms with Crippen molar-refractivity contribution < 1.29 is 19.5 Å². The van der Waals surface area contributed by atoms with Gasteiger partial charge in [-0.15, -0.1) is 0 Å². The van der Waals surface area contributed by atoms with Gasteiger partial charge in [-0.3, -0.25) is 4.57 Å². The normalized spacial score (nSPS) is 27.2. The number of imidazole rings is 1. The molecule has 2 fully saturated rings. The van der Waals surface area contributed by atoms with E-state index in [0.29, 0.717) is 28.8 Å². The molecule has 5 atom stereocenters. The van der Waals surface area contributed by atoms with Gasteiger partial charge >= 0.3 is 0 Å². The van der Waals surface area contributed by atoms with Crippen molar-refractivity contribution in [1.82, 2.24) is 35.0 Å². The lowest BCUT2D eigenvalue weighted by molar-refractivity contribution is -0.0451. The quantitative estimate of drug-likeness (QED) is 0.314. The Labute approximate surface area is 196 Å². The minimum atomic E-state index is -1.26. The predicted molar refractivity (Wildman–Crippen MR) is 122 cm³/mol. The van der Waals surface area contributed by atoms with Crippen LogP contribution >= 0.6 is 0 Å². The van der Waals surface area contributed by atoms with E-state index in [1.165, 1.54) is 0 Å². The maximum Gasteiger partial charge on any atom is 0.258 e. The Kier molecular flexibility index (Phi) is 6.34. The van der Waals surface area contributed by atoms with Crippen LogP contribution in [0, 0.1) is 6.92 Å². The Morgan fingerprint density at radius 2 is 2.03 bits per heavy atom. The van der Waals surface area contributed by atoms with E-state index in [4.69, 9.17) is 19.2 Å². The van der Waals surface area contributed by atoms with Gasteiger partial charge in [-0.2, -0.15) is 15.0 Å². The van der Waals surface area contributed by atoms with E-state index in [1.54, 1.807) is 17.8 Å². The minimum Gasteiger partial charge on any atom is -0.387 e. The summed E-state index contributed by atoms with van der Waals surface area (Å²) < 4.78 is 12.8. The number of aliphatic hydroxyl groups is 2. The van der Waals surface area contributed by atoms with Gasteiger partial charge in [0.2, 0.25) is 5.95 Å². The third-order valence-corrected chi connectivity index (χ3v) is 6.44. The van der Waals surface area contributed by atoms with E-state index in [-0.39, 0.29) is 18.0 Å². The molecule has 0 bridgehead atoms. The second-order valence-corrected chi connectivity index (χ2v) is 8.82. The fraction of sp³-hybridized carbons (Fsp3) is 0.667. The standard InChI is InChI=1S/C21H31N9O4/c1-4-11(5-2)25-17-13-18(28-21(27-17)26-12-6-7-22-8-12)30(9-23-13)20-15(32)14(31)16(33-20)19-24-10(3)29-34-19/h9,11-12,14-16,20,22,31-32H,4-8H2,1-3H3,(H2,25,26,27,28)/t12?,14-,15+,16-,20+/m0/s1. The van der Waals surface area contributed by atoms with Crippen molar-refractivity contribution in [3.63, 3.8) is 0 Å². The second kappa shape index (κ2) is 9.41. The average molecular weight is 474 g/mol. The fourth-order valence-electron chi connectivity index (χ4n) is 4.44. The van der Waals surface area contributed by atoms with Crippen molar-refractivity contribution >= 4 is 22.9 Å². The molecule has 2 aliphatic rings. The van der Waals surface area contributed by atoms with Gasteiger partial charge in [0, 0.05) is 18.6 Å². The van der Waals surface area contributed by atoms with E-state index in [2.05, 4.69) is 44.9 Å². The molecule has 0 saturated carbocycles. The molecule has 34 heavy (non-hydrogen) atoms. The van der Waals surface area contributed by atoms with Crippen LogP contribution in [0.25, 0.3) is 11.2 Å². The molecule has 1 unspecified atom stereocenters. The van der Waals surface area contributed by atoms with Crippen LogP contribution in [-0.2, 0) is 4.74 Å². The Morgan fingerprint density at radius 1 is 1.21 bits per heavy atom. The number of hydrogen-bond donors (Lipinski definition) is 5. The molecular weight excluding hydrogens is 442 g/mol. The summed E-state index contributed by atoms with van der Waals surface area (Å²) in [6, 6.07) is 0.444. The summed E-state index contributed by atoms with van der Waals surface area (Å²) in [6.45, 7) is 7.67. The van der Waals surface area contributed by atoms with Crippen molar-refractivity contribution in [1.29, 1.82) is 0 Å². The van der Waals surface area contributed by atoms with Crippen molar-refractivity contribution in [3.05, 3.63) is 18.0 Å². The van der Waals surface area contributed by atoms with Gasteiger partial charge in [0.15, 0.2) is 35.1 Å². The highest BCUT2D eigenvalue weighted by Gasteiger charge is 2.47. The molecule has 0 amide bonds. The minimum absolute atomic E-state index is 0.109. The zero-order chi connectivity index (χ0) is 23.8. The van der Waals surface area contributed by atoms with E-state index >= 15 is 0 Å². The van der Waals surface area contributed by atoms with Gasteiger partial charge in [-0.05, 0) is 32.7 Å². The van der Waals surface area contributed by atoms with Crippen LogP contribution in [0.2, 0.25) is 0 Å². The smallest absolute Gasteiger partial charge is 0.258 e. The van der Waals surface area contributed by atoms with Crippen molar-refractivity contribution in [2.75, 3.05) is 23.7 Å². The van der Waals surface area contributed by atoms with Crippen LogP contribution in [0.15, 0.2) is 10.9 Å². The molecule has 13 heteroatoms. The number of aliphatic hydroxyl groups excluding tert-OH is 2. The number of aromatic nitrogens is 6. The third kappa shape index (κ3) is 4.19. The number of ether oxygens (including phenoxy) is 1. The molecule has 13 nitrogen and oxygen atoms in total. The van der Waals surface area contributed by atoms with Crippen molar-refractivity contribution in [2.45, 2.75) is 76.7 Å². The number of aryl methyl sites for hydroxylation is 1. The van der Waals surface area contributed by atoms with Gasteiger partial charge < -0.3 is 35.4 Å². The highest BCUT2D eigenvalue weighted by atomic mass is 16.6. The fourth-order valence-corrected chi connectivity index (χ4v) is 4.44. The molecule has 2 saturated heterocycles. The van der Waals surface area contributed by atoms with Gasteiger partial charge in [0.1, 0.15) is 12.2 Å². The number of rotatable bonds is 8. The molecular formula is C21H31N9O4. The average Bonchev–Trinajstić information content (AvgIpc) is 3.62. The first-order valence-corrected chi connectivity index (χ1v) is 11.8. The Morgan fingerprint density at radius 3 is 2.71 bits per heavy atom. The first-order valence-electron chi connectivity index (χ1n) is 11.8. The third-order valence-electron chi connectivity index (χ3n) is 6.44. The Hall–Kier alpha value is -2.87. The number of nitrogens with zero attached hydrogens (tertiary/aromatic N) is 6. The number of nitrogens with one attached hydrogen (secondary N) is 3. The predicted octanol–water partition coefficient (Wildman–Crippen LogP) is 0.884. The van der Waals surface area contributed by atoms with Crippen LogP contribution in [0.5, 0.6) is 0 Å². The number of anilines is 2. The van der Waals surface area contributed by atoms with Crippen molar-refractivity contribution in [2.24, 2.45) is 0 Å². The monoisotopic (exact) mass is 473 g/mol. The maximum absolute atomic E-state index is 10.8. The van der Waals surface area contributed by atoms with Crippen molar-refractivity contribution in [3.8, 4) is 0 Å². The molecule has 2 aliphatic heterocycles. The molecule has 3 aromatic rings. The van der Waals surface area contributed by atoms with E-state index in [1.807, 2.05) is 0 Å². The summed E-state index contributed by atoms with van der Waals surface area (Å²) in [5.74, 6) is 1.60. The summed E-state index contributed by atoms with van der Waals surface area (Å²) >= 11 is 0. The van der Waals surface area contributed by atoms with E-state index < -0.39 is 24.5 Å². The SMILES string of the molecule is CCC(CC)Nc1nc(NC2CCNC2)nc2c1ncn2[C@@H]1O[C@H](c2nc(C)no2)[C@@H](O)[C@H]1O. The molecule has 0 spiro atoms. The lowest BCUT2D eigenvalue weighted by atomic mass is 10.1. The van der Waals surface area contributed by atoms with Crippen LogP contribution in [-0.4, -0.2) is 77.3 Å². The molecule has 0 aliphatic carbocycles. The van der Waals surface area contributed by atoms with Crippen LogP contribution in [0.4, 0.5) is 11.8 Å². The summed E-state index contributed by atoms with van der Waals surface area (Å²) in [5.41, 5.74) is 1.04. The van der Waals surface area contributed by atoms with E-state index in [0.717, 1.165) is 32.4 Å². The number of fused-ring (bicyclic) bond motifs is 1. The molecule has 5 rings (SSSR count). The first kappa shape index (κ1) is 22.9. The molecule has 5 heterocycles. The topological polar surface area (TPSA) is 168 Å². The van der Waals surface area contributed by atoms with E-state index in [9.17, 15) is 10.2 Å². The summed E-state index contributed by atoms with van der Waals surface area (Å²) in [5, 5.41) is 35.4. The highest BCUT2D eigenvalue weighted by Crippen LogP contribution is 2.39. The molecule has 0 aromatic carbocycles. The lowest BCUT2D eigenvalue weighted by Gasteiger charge is -2.19. The van der Waals surface area contributed by atoms with Gasteiger partial charge in [0.05, 0.1) is 6.33 Å². The largest absolute Gasteiger partial charge is 0.387 e. The van der Waals surface area contributed by atoms with Crippen LogP contribution in [0.3, 0.4) is 0 Å². The number of hydrogen-bond acceptors (Lipinski definition) is 12. The van der Waals surface area contributed by atoms with Crippen LogP contribution < -0.4 is 16.0 Å². The maximum atomic E-state index is 10.8.